The van der Waals surface area contributed by atoms with E-state index in [0.29, 0.717) is 5.02 Å². The molecule has 0 bridgehead atoms. The molecule has 1 N–H and O–H groups in total. The quantitative estimate of drug-likeness (QED) is 0.920. The highest BCUT2D eigenvalue weighted by atomic mass is 35.5. The number of halogens is 1. The Morgan fingerprint density at radius 1 is 0.950 bits per heavy atom. The van der Waals surface area contributed by atoms with E-state index < -0.39 is 10.0 Å². The van der Waals surface area contributed by atoms with Gasteiger partial charge in [-0.2, -0.15) is 0 Å². The minimum absolute atomic E-state index is 0.245. The molecular formula is C15H16ClNO2S. The molecule has 2 aromatic carbocycles. The lowest BCUT2D eigenvalue weighted by molar-refractivity contribution is 0.581. The number of hydrogen-bond acceptors (Lipinski definition) is 2. The summed E-state index contributed by atoms with van der Waals surface area (Å²) >= 11 is 5.79. The summed E-state index contributed by atoms with van der Waals surface area (Å²) in [5.41, 5.74) is 1.98. The average Bonchev–Trinajstić information content (AvgIpc) is 2.47. The monoisotopic (exact) mass is 309 g/mol. The number of nitrogens with one attached hydrogen (secondary N) is 1. The summed E-state index contributed by atoms with van der Waals surface area (Å²) in [5, 5.41) is 0.631. The maximum absolute atomic E-state index is 12.1. The van der Waals surface area contributed by atoms with E-state index in [-0.39, 0.29) is 11.4 Å². The molecule has 106 valence electrons. The van der Waals surface area contributed by atoms with Gasteiger partial charge in [0.05, 0.1) is 4.90 Å². The highest BCUT2D eigenvalue weighted by Crippen LogP contribution is 2.13. The Bertz CT molecular complexity index is 664. The van der Waals surface area contributed by atoms with Gasteiger partial charge in [0.1, 0.15) is 0 Å². The zero-order valence-electron chi connectivity index (χ0n) is 11.1. The molecule has 5 heteroatoms. The van der Waals surface area contributed by atoms with E-state index in [1.165, 1.54) is 0 Å². The highest BCUT2D eigenvalue weighted by Gasteiger charge is 2.13. The lowest BCUT2D eigenvalue weighted by Crippen LogP contribution is -2.23. The predicted octanol–water partition coefficient (Wildman–Crippen LogP) is 3.38. The van der Waals surface area contributed by atoms with Gasteiger partial charge < -0.3 is 0 Å². The van der Waals surface area contributed by atoms with Crippen LogP contribution in [0.1, 0.15) is 18.1 Å². The molecule has 0 radical (unpaired) electrons. The van der Waals surface area contributed by atoms with Crippen molar-refractivity contribution in [1.29, 1.82) is 0 Å². The van der Waals surface area contributed by atoms with Gasteiger partial charge in [0, 0.05) is 11.6 Å². The third-order valence-electron chi connectivity index (χ3n) is 3.02. The Hall–Kier alpha value is -1.36. The molecule has 20 heavy (non-hydrogen) atoms. The molecule has 0 heterocycles. The molecule has 0 aliphatic rings. The molecule has 0 aliphatic carbocycles. The summed E-state index contributed by atoms with van der Waals surface area (Å²) in [6.45, 7) is 2.28. The zero-order chi connectivity index (χ0) is 14.6. The zero-order valence-corrected chi connectivity index (χ0v) is 12.7. The molecular weight excluding hydrogens is 294 g/mol. The maximum Gasteiger partial charge on any atom is 0.240 e. The third kappa shape index (κ3) is 3.82. The van der Waals surface area contributed by atoms with Crippen LogP contribution < -0.4 is 4.72 Å². The van der Waals surface area contributed by atoms with Crippen molar-refractivity contribution in [2.24, 2.45) is 0 Å². The molecule has 0 aromatic heterocycles. The molecule has 0 amide bonds. The van der Waals surface area contributed by atoms with E-state index in [1.54, 1.807) is 36.4 Å². The van der Waals surface area contributed by atoms with Crippen LogP contribution in [0, 0.1) is 0 Å². The number of sulfonamides is 1. The van der Waals surface area contributed by atoms with Gasteiger partial charge in [-0.05, 0) is 41.8 Å². The van der Waals surface area contributed by atoms with Crippen molar-refractivity contribution in [2.75, 3.05) is 0 Å². The van der Waals surface area contributed by atoms with Crippen LogP contribution in [0.2, 0.25) is 5.02 Å². The van der Waals surface area contributed by atoms with E-state index in [0.717, 1.165) is 17.5 Å². The normalized spacial score (nSPS) is 11.5. The largest absolute Gasteiger partial charge is 0.240 e. The Balaban J connectivity index is 2.08. The first-order valence-electron chi connectivity index (χ1n) is 6.34. The lowest BCUT2D eigenvalue weighted by Gasteiger charge is -2.07. The van der Waals surface area contributed by atoms with Crippen molar-refractivity contribution < 1.29 is 8.42 Å². The highest BCUT2D eigenvalue weighted by molar-refractivity contribution is 7.89. The molecule has 0 spiro atoms. The van der Waals surface area contributed by atoms with E-state index in [4.69, 9.17) is 11.6 Å². The predicted molar refractivity (Wildman–Crippen MR) is 81.3 cm³/mol. The number of hydrogen-bond donors (Lipinski definition) is 1. The molecule has 2 rings (SSSR count). The average molecular weight is 310 g/mol. The lowest BCUT2D eigenvalue weighted by atomic mass is 10.2. The van der Waals surface area contributed by atoms with Crippen molar-refractivity contribution >= 4 is 21.6 Å². The van der Waals surface area contributed by atoms with E-state index >= 15 is 0 Å². The first-order chi connectivity index (χ1) is 9.51. The molecule has 0 aliphatic heterocycles. The second-order valence-electron chi connectivity index (χ2n) is 4.45. The van der Waals surface area contributed by atoms with Crippen molar-refractivity contribution in [2.45, 2.75) is 24.8 Å². The minimum Gasteiger partial charge on any atom is -0.207 e. The van der Waals surface area contributed by atoms with Gasteiger partial charge in [0.2, 0.25) is 10.0 Å². The van der Waals surface area contributed by atoms with Crippen LogP contribution in [0.4, 0.5) is 0 Å². The van der Waals surface area contributed by atoms with Gasteiger partial charge in [-0.1, -0.05) is 42.8 Å². The van der Waals surface area contributed by atoms with Crippen LogP contribution in [0.25, 0.3) is 0 Å². The van der Waals surface area contributed by atoms with Gasteiger partial charge >= 0.3 is 0 Å². The molecule has 0 fully saturated rings. The number of benzene rings is 2. The summed E-state index contributed by atoms with van der Waals surface area (Å²) < 4.78 is 26.8. The summed E-state index contributed by atoms with van der Waals surface area (Å²) in [6, 6.07) is 14.0. The fourth-order valence-electron chi connectivity index (χ4n) is 1.77. The summed E-state index contributed by atoms with van der Waals surface area (Å²) in [5.74, 6) is 0. The Morgan fingerprint density at radius 2 is 1.50 bits per heavy atom. The van der Waals surface area contributed by atoms with Crippen LogP contribution in [0.15, 0.2) is 53.4 Å². The van der Waals surface area contributed by atoms with Gasteiger partial charge in [-0.3, -0.25) is 0 Å². The minimum atomic E-state index is -3.48. The standard InChI is InChI=1S/C15H16ClNO2S/c1-2-12-5-9-15(10-6-12)20(18,19)17-11-13-3-7-14(16)8-4-13/h3-10,17H,2,11H2,1H3. The first-order valence-corrected chi connectivity index (χ1v) is 8.20. The van der Waals surface area contributed by atoms with Gasteiger partial charge in [0.15, 0.2) is 0 Å². The van der Waals surface area contributed by atoms with Gasteiger partial charge in [-0.15, -0.1) is 0 Å². The molecule has 3 nitrogen and oxygen atoms in total. The number of rotatable bonds is 5. The second kappa shape index (κ2) is 6.39. The number of aryl methyl sites for hydroxylation is 1. The summed E-state index contributed by atoms with van der Waals surface area (Å²) in [7, 11) is -3.48. The van der Waals surface area contributed by atoms with Crippen LogP contribution in [0.5, 0.6) is 0 Å². The molecule has 0 atom stereocenters. The van der Waals surface area contributed by atoms with E-state index in [2.05, 4.69) is 4.72 Å². The summed E-state index contributed by atoms with van der Waals surface area (Å²) in [4.78, 5) is 0.281. The second-order valence-corrected chi connectivity index (χ2v) is 6.65. The van der Waals surface area contributed by atoms with Crippen molar-refractivity contribution in [1.82, 2.24) is 4.72 Å². The van der Waals surface area contributed by atoms with Crippen molar-refractivity contribution in [3.8, 4) is 0 Å². The Morgan fingerprint density at radius 3 is 2.05 bits per heavy atom. The van der Waals surface area contributed by atoms with Crippen LogP contribution >= 0.6 is 11.6 Å². The third-order valence-corrected chi connectivity index (χ3v) is 4.69. The van der Waals surface area contributed by atoms with Crippen molar-refractivity contribution in [3.63, 3.8) is 0 Å². The SMILES string of the molecule is CCc1ccc(S(=O)(=O)NCc2ccc(Cl)cc2)cc1. The maximum atomic E-state index is 12.1. The van der Waals surface area contributed by atoms with Crippen LogP contribution in [-0.4, -0.2) is 8.42 Å². The fourth-order valence-corrected chi connectivity index (χ4v) is 2.91. The Kier molecular flexibility index (Phi) is 4.81. The summed E-state index contributed by atoms with van der Waals surface area (Å²) in [6.07, 6.45) is 0.887. The first kappa shape index (κ1) is 15.0. The van der Waals surface area contributed by atoms with Gasteiger partial charge in [0.25, 0.3) is 0 Å². The molecule has 0 unspecified atom stereocenters. The fraction of sp³-hybridized carbons (Fsp3) is 0.200. The molecule has 0 saturated heterocycles. The Labute approximate surface area is 124 Å². The van der Waals surface area contributed by atoms with E-state index in [9.17, 15) is 8.42 Å². The topological polar surface area (TPSA) is 46.2 Å². The van der Waals surface area contributed by atoms with Crippen LogP contribution in [0.3, 0.4) is 0 Å². The molecule has 2 aromatic rings. The smallest absolute Gasteiger partial charge is 0.207 e. The van der Waals surface area contributed by atoms with E-state index in [1.807, 2.05) is 19.1 Å². The van der Waals surface area contributed by atoms with Crippen molar-refractivity contribution in [3.05, 3.63) is 64.7 Å². The molecule has 0 saturated carbocycles. The van der Waals surface area contributed by atoms with Crippen LogP contribution in [-0.2, 0) is 23.0 Å². The van der Waals surface area contributed by atoms with Gasteiger partial charge in [-0.25, -0.2) is 13.1 Å².